The summed E-state index contributed by atoms with van der Waals surface area (Å²) in [5, 5.41) is 17.9. The zero-order chi connectivity index (χ0) is 12.7. The van der Waals surface area contributed by atoms with Crippen molar-refractivity contribution in [3.8, 4) is 6.07 Å². The Morgan fingerprint density at radius 1 is 1.65 bits per heavy atom. The van der Waals surface area contributed by atoms with Gasteiger partial charge in [-0.3, -0.25) is 4.79 Å². The van der Waals surface area contributed by atoms with Crippen LogP contribution in [0.15, 0.2) is 0 Å². The minimum Gasteiger partial charge on any atom is -0.396 e. The van der Waals surface area contributed by atoms with E-state index in [-0.39, 0.29) is 12.5 Å². The highest BCUT2D eigenvalue weighted by atomic mass is 16.3. The molecular formula is C13H22N2O2. The van der Waals surface area contributed by atoms with E-state index < -0.39 is 5.92 Å². The maximum absolute atomic E-state index is 12.1. The van der Waals surface area contributed by atoms with Crippen LogP contribution in [0.25, 0.3) is 0 Å². The number of rotatable bonds is 5. The molecule has 1 aliphatic heterocycles. The molecule has 96 valence electrons. The van der Waals surface area contributed by atoms with Gasteiger partial charge in [0.1, 0.15) is 5.92 Å². The third-order valence-corrected chi connectivity index (χ3v) is 3.40. The van der Waals surface area contributed by atoms with Gasteiger partial charge in [-0.2, -0.15) is 5.26 Å². The van der Waals surface area contributed by atoms with Gasteiger partial charge in [0.25, 0.3) is 0 Å². The lowest BCUT2D eigenvalue weighted by Gasteiger charge is -2.33. The van der Waals surface area contributed by atoms with Crippen molar-refractivity contribution in [1.29, 1.82) is 5.26 Å². The topological polar surface area (TPSA) is 64.3 Å². The van der Waals surface area contributed by atoms with Crippen LogP contribution in [-0.2, 0) is 4.79 Å². The molecule has 2 atom stereocenters. The highest BCUT2D eigenvalue weighted by molar-refractivity contribution is 5.81. The number of nitrogens with zero attached hydrogens (tertiary/aromatic N) is 2. The summed E-state index contributed by atoms with van der Waals surface area (Å²) in [6.07, 6.45) is 4.33. The van der Waals surface area contributed by atoms with Crippen molar-refractivity contribution in [2.75, 3.05) is 19.7 Å². The summed E-state index contributed by atoms with van der Waals surface area (Å²) < 4.78 is 0. The van der Waals surface area contributed by atoms with Gasteiger partial charge in [0.05, 0.1) is 6.07 Å². The Labute approximate surface area is 103 Å². The normalized spacial score (nSPS) is 21.9. The fraction of sp³-hybridized carbons (Fsp3) is 0.846. The minimum absolute atomic E-state index is 0.0167. The molecule has 0 spiro atoms. The second-order valence-electron chi connectivity index (χ2n) is 4.78. The van der Waals surface area contributed by atoms with Gasteiger partial charge in [-0.15, -0.1) is 0 Å². The molecule has 4 heteroatoms. The van der Waals surface area contributed by atoms with E-state index >= 15 is 0 Å². The highest BCUT2D eigenvalue weighted by Crippen LogP contribution is 2.21. The van der Waals surface area contributed by atoms with E-state index in [4.69, 9.17) is 10.4 Å². The Kier molecular flexibility index (Phi) is 5.99. The number of aliphatic hydroxyl groups is 1. The molecular weight excluding hydrogens is 216 g/mol. The molecule has 0 aromatic heterocycles. The third-order valence-electron chi connectivity index (χ3n) is 3.40. The first-order valence-electron chi connectivity index (χ1n) is 6.52. The molecule has 1 N–H and O–H groups in total. The van der Waals surface area contributed by atoms with Crippen molar-refractivity contribution >= 4 is 5.91 Å². The molecule has 1 fully saturated rings. The van der Waals surface area contributed by atoms with Crippen molar-refractivity contribution in [2.45, 2.75) is 39.0 Å². The van der Waals surface area contributed by atoms with Gasteiger partial charge in [-0.1, -0.05) is 13.3 Å². The molecule has 2 unspecified atom stereocenters. The van der Waals surface area contributed by atoms with E-state index in [1.54, 1.807) is 0 Å². The fourth-order valence-corrected chi connectivity index (χ4v) is 2.44. The van der Waals surface area contributed by atoms with Crippen molar-refractivity contribution in [2.24, 2.45) is 11.8 Å². The lowest BCUT2D eigenvalue weighted by molar-refractivity contribution is -0.135. The maximum Gasteiger partial charge on any atom is 0.239 e. The second-order valence-corrected chi connectivity index (χ2v) is 4.78. The third kappa shape index (κ3) is 4.01. The van der Waals surface area contributed by atoms with Gasteiger partial charge in [0.2, 0.25) is 5.91 Å². The Balaban J connectivity index is 2.53. The summed E-state index contributed by atoms with van der Waals surface area (Å²) in [4.78, 5) is 13.9. The highest BCUT2D eigenvalue weighted by Gasteiger charge is 2.28. The lowest BCUT2D eigenvalue weighted by Crippen LogP contribution is -2.43. The van der Waals surface area contributed by atoms with E-state index in [9.17, 15) is 4.79 Å². The number of aliphatic hydroxyl groups excluding tert-OH is 1. The van der Waals surface area contributed by atoms with Crippen molar-refractivity contribution in [3.63, 3.8) is 0 Å². The predicted molar refractivity (Wildman–Crippen MR) is 65.0 cm³/mol. The Morgan fingerprint density at radius 3 is 3.00 bits per heavy atom. The molecule has 0 aromatic carbocycles. The summed E-state index contributed by atoms with van der Waals surface area (Å²) in [6.45, 7) is 3.65. The van der Waals surface area contributed by atoms with Gasteiger partial charge in [0, 0.05) is 19.7 Å². The summed E-state index contributed by atoms with van der Waals surface area (Å²) in [5.74, 6) is -0.0939. The summed E-state index contributed by atoms with van der Waals surface area (Å²) in [5.41, 5.74) is 0. The number of carbonyl (C=O) groups excluding carboxylic acids is 1. The van der Waals surface area contributed by atoms with Crippen LogP contribution in [0.4, 0.5) is 0 Å². The molecule has 0 aliphatic carbocycles. The Bertz CT molecular complexity index is 284. The van der Waals surface area contributed by atoms with Crippen LogP contribution in [0.1, 0.15) is 39.0 Å². The average Bonchev–Trinajstić information content (AvgIpc) is 2.36. The van der Waals surface area contributed by atoms with Gasteiger partial charge in [0.15, 0.2) is 0 Å². The zero-order valence-electron chi connectivity index (χ0n) is 10.6. The molecule has 1 heterocycles. The lowest BCUT2D eigenvalue weighted by atomic mass is 9.93. The Hall–Kier alpha value is -1.08. The van der Waals surface area contributed by atoms with Gasteiger partial charge < -0.3 is 10.0 Å². The van der Waals surface area contributed by atoms with Crippen LogP contribution in [0.2, 0.25) is 0 Å². The van der Waals surface area contributed by atoms with Crippen LogP contribution in [-0.4, -0.2) is 35.6 Å². The van der Waals surface area contributed by atoms with Crippen LogP contribution in [0, 0.1) is 23.2 Å². The van der Waals surface area contributed by atoms with E-state index in [0.717, 1.165) is 32.2 Å². The quantitative estimate of drug-likeness (QED) is 0.790. The number of hydrogen-bond donors (Lipinski definition) is 1. The molecule has 0 saturated carbocycles. The summed E-state index contributed by atoms with van der Waals surface area (Å²) in [6, 6.07) is 2.11. The molecule has 1 rings (SSSR count). The molecule has 17 heavy (non-hydrogen) atoms. The van der Waals surface area contributed by atoms with Gasteiger partial charge in [-0.05, 0) is 31.6 Å². The number of amides is 1. The molecule has 0 radical (unpaired) electrons. The summed E-state index contributed by atoms with van der Waals surface area (Å²) >= 11 is 0. The standard InChI is InChI=1S/C13H22N2O2/c1-2-4-12(9-14)13(17)15-7-3-5-11(10-15)6-8-16/h11-12,16H,2-8,10H2,1H3. The maximum atomic E-state index is 12.1. The van der Waals surface area contributed by atoms with E-state index in [2.05, 4.69) is 6.07 Å². The van der Waals surface area contributed by atoms with Crippen LogP contribution >= 0.6 is 0 Å². The van der Waals surface area contributed by atoms with E-state index in [1.807, 2.05) is 11.8 Å². The monoisotopic (exact) mass is 238 g/mol. The summed E-state index contributed by atoms with van der Waals surface area (Å²) in [7, 11) is 0. The molecule has 1 aliphatic rings. The molecule has 4 nitrogen and oxygen atoms in total. The zero-order valence-corrected chi connectivity index (χ0v) is 10.6. The molecule has 0 bridgehead atoms. The fourth-order valence-electron chi connectivity index (χ4n) is 2.44. The number of hydrogen-bond acceptors (Lipinski definition) is 3. The first kappa shape index (κ1) is 14.0. The number of nitriles is 1. The second kappa shape index (κ2) is 7.29. The van der Waals surface area contributed by atoms with Crippen LogP contribution < -0.4 is 0 Å². The first-order valence-corrected chi connectivity index (χ1v) is 6.52. The van der Waals surface area contributed by atoms with Gasteiger partial charge >= 0.3 is 0 Å². The SMILES string of the molecule is CCCC(C#N)C(=O)N1CCCC(CCO)C1. The molecule has 0 aromatic rings. The van der Waals surface area contributed by atoms with Gasteiger partial charge in [-0.25, -0.2) is 0 Å². The first-order chi connectivity index (χ1) is 8.22. The molecule has 1 amide bonds. The van der Waals surface area contributed by atoms with Crippen molar-refractivity contribution in [1.82, 2.24) is 4.90 Å². The number of piperidine rings is 1. The Morgan fingerprint density at radius 2 is 2.41 bits per heavy atom. The largest absolute Gasteiger partial charge is 0.396 e. The average molecular weight is 238 g/mol. The number of carbonyl (C=O) groups is 1. The van der Waals surface area contributed by atoms with Crippen LogP contribution in [0.5, 0.6) is 0 Å². The minimum atomic E-state index is -0.479. The number of likely N-dealkylation sites (tertiary alicyclic amines) is 1. The van der Waals surface area contributed by atoms with Crippen molar-refractivity contribution in [3.05, 3.63) is 0 Å². The predicted octanol–water partition coefficient (Wildman–Crippen LogP) is 1.55. The van der Waals surface area contributed by atoms with E-state index in [0.29, 0.717) is 18.9 Å². The smallest absolute Gasteiger partial charge is 0.239 e. The van der Waals surface area contributed by atoms with Crippen LogP contribution in [0.3, 0.4) is 0 Å². The molecule has 1 saturated heterocycles. The van der Waals surface area contributed by atoms with E-state index in [1.165, 1.54) is 0 Å². The van der Waals surface area contributed by atoms with Crippen molar-refractivity contribution < 1.29 is 9.90 Å².